The van der Waals surface area contributed by atoms with Crippen LogP contribution in [0.25, 0.3) is 6.08 Å². The number of para-hydroxylation sites is 1. The van der Waals surface area contributed by atoms with Gasteiger partial charge in [-0.1, -0.05) is 35.9 Å². The summed E-state index contributed by atoms with van der Waals surface area (Å²) in [5, 5.41) is 8.37. The number of nitrogens with zero attached hydrogens (tertiary/aromatic N) is 1. The molecule has 0 atom stereocenters. The van der Waals surface area contributed by atoms with Gasteiger partial charge in [0.15, 0.2) is 11.5 Å². The summed E-state index contributed by atoms with van der Waals surface area (Å²) in [6.07, 6.45) is 1.34. The highest BCUT2D eigenvalue weighted by atomic mass is 35.5. The number of benzene rings is 2. The summed E-state index contributed by atoms with van der Waals surface area (Å²) in [6, 6.07) is 11.1. The van der Waals surface area contributed by atoms with Crippen molar-refractivity contribution in [2.75, 3.05) is 13.7 Å². The summed E-state index contributed by atoms with van der Waals surface area (Å²) < 4.78 is 10.7. The number of rotatable bonds is 6. The molecule has 1 saturated heterocycles. The van der Waals surface area contributed by atoms with Crippen LogP contribution in [0.4, 0.5) is 4.79 Å². The summed E-state index contributed by atoms with van der Waals surface area (Å²) in [4.78, 5) is 48.5. The molecular weight excluding hydrogens is 434 g/mol. The van der Waals surface area contributed by atoms with Gasteiger partial charge in [0.2, 0.25) is 0 Å². The Hall–Kier alpha value is -3.30. The number of aliphatic carboxylic acids is 1. The summed E-state index contributed by atoms with van der Waals surface area (Å²) in [7, 11) is 1.38. The Labute approximate surface area is 180 Å². The van der Waals surface area contributed by atoms with Crippen LogP contribution < -0.4 is 9.47 Å². The molecule has 0 aliphatic carbocycles. The zero-order valence-corrected chi connectivity index (χ0v) is 17.0. The van der Waals surface area contributed by atoms with E-state index in [9.17, 15) is 19.2 Å². The third-order valence-electron chi connectivity index (χ3n) is 3.97. The van der Waals surface area contributed by atoms with Gasteiger partial charge in [-0.05, 0) is 36.0 Å². The Balaban J connectivity index is 1.97. The van der Waals surface area contributed by atoms with Crippen LogP contribution in [0.15, 0.2) is 47.4 Å². The number of halogens is 1. The van der Waals surface area contributed by atoms with Gasteiger partial charge in [-0.2, -0.15) is 0 Å². The first-order chi connectivity index (χ1) is 14.3. The number of amides is 2. The monoisotopic (exact) mass is 447 g/mol. The first-order valence-electron chi connectivity index (χ1n) is 8.42. The topological polar surface area (TPSA) is 110 Å². The van der Waals surface area contributed by atoms with Gasteiger partial charge >= 0.3 is 11.9 Å². The Morgan fingerprint density at radius 2 is 1.90 bits per heavy atom. The maximum Gasteiger partial charge on any atom is 0.345 e. The molecule has 3 rings (SSSR count). The van der Waals surface area contributed by atoms with Crippen LogP contribution in [0.3, 0.4) is 0 Å². The molecule has 8 nitrogen and oxygen atoms in total. The number of carbonyl (C=O) groups is 4. The number of imide groups is 1. The van der Waals surface area contributed by atoms with E-state index < -0.39 is 29.6 Å². The minimum atomic E-state index is -1.31. The van der Waals surface area contributed by atoms with E-state index in [1.165, 1.54) is 19.3 Å². The lowest BCUT2D eigenvalue weighted by Crippen LogP contribution is -2.33. The third-order valence-corrected chi connectivity index (χ3v) is 5.21. The van der Waals surface area contributed by atoms with Crippen molar-refractivity contribution >= 4 is 52.5 Å². The van der Waals surface area contributed by atoms with Crippen molar-refractivity contribution in [1.82, 2.24) is 4.90 Å². The molecule has 154 valence electrons. The molecule has 10 heteroatoms. The fourth-order valence-electron chi connectivity index (χ4n) is 2.60. The zero-order chi connectivity index (χ0) is 21.8. The fourth-order valence-corrected chi connectivity index (χ4v) is 3.65. The van der Waals surface area contributed by atoms with Crippen LogP contribution in [0, 0.1) is 0 Å². The van der Waals surface area contributed by atoms with Crippen molar-refractivity contribution in [3.8, 4) is 11.5 Å². The van der Waals surface area contributed by atoms with Gasteiger partial charge in [-0.15, -0.1) is 0 Å². The Kier molecular flexibility index (Phi) is 6.43. The Bertz CT molecular complexity index is 1080. The number of carboxylic acids is 1. The number of esters is 1. The second-order valence-corrected chi connectivity index (χ2v) is 7.31. The molecule has 2 aromatic carbocycles. The molecule has 2 aromatic rings. The average molecular weight is 448 g/mol. The van der Waals surface area contributed by atoms with E-state index >= 15 is 0 Å². The van der Waals surface area contributed by atoms with Crippen molar-refractivity contribution in [3.63, 3.8) is 0 Å². The molecule has 1 aliphatic heterocycles. The molecule has 2 amide bonds. The molecule has 0 bridgehead atoms. The summed E-state index contributed by atoms with van der Waals surface area (Å²) in [6.45, 7) is -0.742. The predicted octanol–water partition coefficient (Wildman–Crippen LogP) is 3.69. The first-order valence-corrected chi connectivity index (χ1v) is 9.62. The molecule has 1 aliphatic rings. The third kappa shape index (κ3) is 4.47. The van der Waals surface area contributed by atoms with Crippen LogP contribution in [-0.4, -0.2) is 46.7 Å². The highest BCUT2D eigenvalue weighted by Crippen LogP contribution is 2.37. The van der Waals surface area contributed by atoms with Crippen molar-refractivity contribution in [2.24, 2.45) is 0 Å². The largest absolute Gasteiger partial charge is 0.493 e. The molecule has 1 N–H and O–H groups in total. The van der Waals surface area contributed by atoms with Gasteiger partial charge in [-0.25, -0.2) is 4.79 Å². The molecule has 30 heavy (non-hydrogen) atoms. The van der Waals surface area contributed by atoms with Crippen molar-refractivity contribution in [2.45, 2.75) is 0 Å². The Morgan fingerprint density at radius 1 is 1.17 bits per heavy atom. The molecule has 1 fully saturated rings. The maximum absolute atomic E-state index is 12.6. The minimum Gasteiger partial charge on any atom is -0.493 e. The second-order valence-electron chi connectivity index (χ2n) is 5.91. The number of carboxylic acid groups (broad SMARTS) is 1. The number of hydrogen-bond acceptors (Lipinski definition) is 7. The lowest BCUT2D eigenvalue weighted by atomic mass is 10.1. The van der Waals surface area contributed by atoms with Crippen LogP contribution in [0.1, 0.15) is 15.9 Å². The number of ether oxygens (including phenoxy) is 2. The van der Waals surface area contributed by atoms with E-state index in [0.29, 0.717) is 16.7 Å². The highest BCUT2D eigenvalue weighted by Gasteiger charge is 2.36. The average Bonchev–Trinajstić information content (AvgIpc) is 2.96. The number of methoxy groups -OCH3 is 1. The van der Waals surface area contributed by atoms with Crippen LogP contribution in [-0.2, 0) is 9.59 Å². The maximum atomic E-state index is 12.6. The molecular formula is C20H14ClNO7S. The van der Waals surface area contributed by atoms with Crippen molar-refractivity contribution in [3.05, 3.63) is 63.5 Å². The zero-order valence-electron chi connectivity index (χ0n) is 15.5. The summed E-state index contributed by atoms with van der Waals surface area (Å²) in [5.74, 6) is -2.56. The van der Waals surface area contributed by atoms with Crippen LogP contribution in [0.5, 0.6) is 11.5 Å². The van der Waals surface area contributed by atoms with E-state index in [1.54, 1.807) is 36.4 Å². The van der Waals surface area contributed by atoms with Crippen LogP contribution in [0.2, 0.25) is 5.02 Å². The molecule has 0 saturated carbocycles. The lowest BCUT2D eigenvalue weighted by molar-refractivity contribution is -0.140. The summed E-state index contributed by atoms with van der Waals surface area (Å²) in [5.41, 5.74) is 0.424. The second kappa shape index (κ2) is 9.02. The fraction of sp³-hybridized carbons (Fsp3) is 0.100. The van der Waals surface area contributed by atoms with E-state index in [4.69, 9.17) is 26.2 Å². The quantitative estimate of drug-likeness (QED) is 0.405. The molecule has 1 heterocycles. The SMILES string of the molecule is COc1cccc(/C=C2/SC(=O)N(CC(=O)O)C2=O)c1OC(=O)c1ccccc1Cl. The van der Waals surface area contributed by atoms with E-state index in [-0.39, 0.29) is 32.6 Å². The van der Waals surface area contributed by atoms with E-state index in [0.717, 1.165) is 0 Å². The molecule has 0 radical (unpaired) electrons. The minimum absolute atomic E-state index is 0.00968. The number of carbonyl (C=O) groups excluding carboxylic acids is 3. The molecule has 0 spiro atoms. The van der Waals surface area contributed by atoms with Gasteiger partial charge in [0.25, 0.3) is 11.1 Å². The lowest BCUT2D eigenvalue weighted by Gasteiger charge is -2.13. The predicted molar refractivity (Wildman–Crippen MR) is 110 cm³/mol. The van der Waals surface area contributed by atoms with Crippen molar-refractivity contribution < 1.29 is 33.8 Å². The van der Waals surface area contributed by atoms with Gasteiger partial charge < -0.3 is 14.6 Å². The van der Waals surface area contributed by atoms with Gasteiger partial charge in [0, 0.05) is 5.56 Å². The smallest absolute Gasteiger partial charge is 0.345 e. The summed E-state index contributed by atoms with van der Waals surface area (Å²) >= 11 is 6.64. The number of hydrogen-bond donors (Lipinski definition) is 1. The van der Waals surface area contributed by atoms with Crippen LogP contribution >= 0.6 is 23.4 Å². The Morgan fingerprint density at radius 3 is 2.57 bits per heavy atom. The normalized spacial score (nSPS) is 14.9. The molecule has 0 unspecified atom stereocenters. The standard InChI is InChI=1S/C20H14ClNO7S/c1-28-14-8-4-5-11(9-15-18(25)22(10-16(23)24)20(27)30-15)17(14)29-19(26)12-6-2-3-7-13(12)21/h2-9H,10H2,1H3,(H,23,24)/b15-9+. The van der Waals surface area contributed by atoms with Crippen molar-refractivity contribution in [1.29, 1.82) is 0 Å². The van der Waals surface area contributed by atoms with E-state index in [1.807, 2.05) is 0 Å². The van der Waals surface area contributed by atoms with E-state index in [2.05, 4.69) is 0 Å². The molecule has 0 aromatic heterocycles. The van der Waals surface area contributed by atoms with Gasteiger partial charge in [-0.3, -0.25) is 19.3 Å². The van der Waals surface area contributed by atoms with Gasteiger partial charge in [0.05, 0.1) is 22.6 Å². The highest BCUT2D eigenvalue weighted by molar-refractivity contribution is 8.18. The van der Waals surface area contributed by atoms with Gasteiger partial charge in [0.1, 0.15) is 6.54 Å². The first kappa shape index (κ1) is 21.4. The number of thioether (sulfide) groups is 1.